The molecule has 0 radical (unpaired) electrons. The lowest BCUT2D eigenvalue weighted by Crippen LogP contribution is -2.56. The molecule has 0 aromatic carbocycles. The average molecular weight is 342 g/mol. The number of aliphatic hydroxyl groups is 1. The molecule has 0 spiro atoms. The summed E-state index contributed by atoms with van der Waals surface area (Å²) in [5.41, 5.74) is 0.943. The molecule has 6 nitrogen and oxygen atoms in total. The Morgan fingerprint density at radius 1 is 1.55 bits per heavy atom. The van der Waals surface area contributed by atoms with Gasteiger partial charge in [0.1, 0.15) is 11.6 Å². The molecule has 2 heterocycles. The number of ether oxygens (including phenoxy) is 1. The van der Waals surface area contributed by atoms with Crippen molar-refractivity contribution in [1.29, 1.82) is 0 Å². The summed E-state index contributed by atoms with van der Waals surface area (Å²) in [4.78, 5) is 18.0. The normalized spacial score (nSPS) is 24.7. The van der Waals surface area contributed by atoms with Crippen LogP contribution >= 0.6 is 15.9 Å². The number of hydrogen-bond donors (Lipinski definition) is 2. The van der Waals surface area contributed by atoms with Crippen LogP contribution < -0.4 is 15.0 Å². The Labute approximate surface area is 125 Å². The number of amides is 2. The molecule has 2 aliphatic rings. The van der Waals surface area contributed by atoms with E-state index in [9.17, 15) is 9.90 Å². The Balaban J connectivity index is 1.83. The molecule has 20 heavy (non-hydrogen) atoms. The van der Waals surface area contributed by atoms with Crippen molar-refractivity contribution >= 4 is 27.8 Å². The minimum absolute atomic E-state index is 0.0332. The summed E-state index contributed by atoms with van der Waals surface area (Å²) in [7, 11) is 0. The fourth-order valence-corrected chi connectivity index (χ4v) is 2.69. The molecular weight excluding hydrogens is 326 g/mol. The molecule has 2 N–H and O–H groups in total. The quantitative estimate of drug-likeness (QED) is 0.812. The van der Waals surface area contributed by atoms with Gasteiger partial charge in [0.2, 0.25) is 0 Å². The summed E-state index contributed by atoms with van der Waals surface area (Å²) in [5.74, 6) is 1.38. The van der Waals surface area contributed by atoms with E-state index >= 15 is 0 Å². The Kier molecular flexibility index (Phi) is 3.80. The number of nitrogens with one attached hydrogen (secondary N) is 1. The van der Waals surface area contributed by atoms with Crippen molar-refractivity contribution in [2.45, 2.75) is 31.5 Å². The third-order valence-electron chi connectivity index (χ3n) is 3.59. The van der Waals surface area contributed by atoms with Crippen molar-refractivity contribution in [3.63, 3.8) is 0 Å². The number of aromatic nitrogens is 1. The smallest absolute Gasteiger partial charge is 0.323 e. The average Bonchev–Trinajstić information content (AvgIpc) is 2.42. The Morgan fingerprint density at radius 2 is 2.35 bits per heavy atom. The van der Waals surface area contributed by atoms with Crippen molar-refractivity contribution in [3.8, 4) is 5.75 Å². The predicted molar refractivity (Wildman–Crippen MR) is 77.3 cm³/mol. The maximum Gasteiger partial charge on any atom is 0.323 e. The number of rotatable bonds is 4. The van der Waals surface area contributed by atoms with Gasteiger partial charge < -0.3 is 15.2 Å². The third-order valence-corrected chi connectivity index (χ3v) is 3.92. The van der Waals surface area contributed by atoms with Crippen molar-refractivity contribution < 1.29 is 14.6 Å². The zero-order chi connectivity index (χ0) is 14.1. The van der Waals surface area contributed by atoms with Crippen LogP contribution in [0.2, 0.25) is 0 Å². The van der Waals surface area contributed by atoms with Gasteiger partial charge in [-0.15, -0.1) is 0 Å². The number of nitrogens with zero attached hydrogens (tertiary/aromatic N) is 2. The summed E-state index contributed by atoms with van der Waals surface area (Å²) in [6.07, 6.45) is 2.55. The molecule has 1 aromatic rings. The number of aliphatic hydroxyl groups excluding tert-OH is 1. The van der Waals surface area contributed by atoms with Crippen LogP contribution in [0.25, 0.3) is 0 Å². The highest BCUT2D eigenvalue weighted by molar-refractivity contribution is 9.09. The first kappa shape index (κ1) is 13.6. The van der Waals surface area contributed by atoms with E-state index in [-0.39, 0.29) is 18.2 Å². The molecule has 1 fully saturated rings. The van der Waals surface area contributed by atoms with E-state index in [0.29, 0.717) is 37.6 Å². The second kappa shape index (κ2) is 5.57. The van der Waals surface area contributed by atoms with E-state index in [1.807, 2.05) is 6.07 Å². The van der Waals surface area contributed by atoms with E-state index in [4.69, 9.17) is 4.74 Å². The van der Waals surface area contributed by atoms with E-state index in [1.54, 1.807) is 11.1 Å². The van der Waals surface area contributed by atoms with Crippen molar-refractivity contribution in [1.82, 2.24) is 10.3 Å². The number of fused-ring (bicyclic) bond motifs is 1. The molecule has 0 unspecified atom stereocenters. The lowest BCUT2D eigenvalue weighted by Gasteiger charge is -2.42. The zero-order valence-corrected chi connectivity index (χ0v) is 12.5. The fourth-order valence-electron chi connectivity index (χ4n) is 2.52. The van der Waals surface area contributed by atoms with Gasteiger partial charge in [0, 0.05) is 23.5 Å². The number of anilines is 1. The van der Waals surface area contributed by atoms with Crippen molar-refractivity contribution in [2.75, 3.05) is 16.8 Å². The monoisotopic (exact) mass is 341 g/mol. The highest BCUT2D eigenvalue weighted by Gasteiger charge is 2.39. The minimum Gasteiger partial charge on any atom is -0.491 e. The summed E-state index contributed by atoms with van der Waals surface area (Å²) >= 11 is 3.31. The number of hydrogen-bond acceptors (Lipinski definition) is 4. The lowest BCUT2D eigenvalue weighted by molar-refractivity contribution is 0.0747. The minimum atomic E-state index is -0.306. The van der Waals surface area contributed by atoms with Crippen molar-refractivity contribution in [3.05, 3.63) is 17.8 Å². The number of halogens is 1. The first-order valence-electron chi connectivity index (χ1n) is 6.62. The molecule has 7 heteroatoms. The topological polar surface area (TPSA) is 74.7 Å². The number of pyridine rings is 1. The molecular formula is C13H16BrN3O3. The van der Waals surface area contributed by atoms with E-state index in [2.05, 4.69) is 26.2 Å². The van der Waals surface area contributed by atoms with Crippen molar-refractivity contribution in [2.24, 2.45) is 0 Å². The summed E-state index contributed by atoms with van der Waals surface area (Å²) in [5, 5.41) is 13.0. The summed E-state index contributed by atoms with van der Waals surface area (Å²) in [6, 6.07) is 1.80. The third kappa shape index (κ3) is 2.47. The highest BCUT2D eigenvalue weighted by atomic mass is 79.9. The summed E-state index contributed by atoms with van der Waals surface area (Å²) in [6.45, 7) is 1.03. The largest absolute Gasteiger partial charge is 0.491 e. The van der Waals surface area contributed by atoms with Crippen LogP contribution in [0, 0.1) is 0 Å². The molecule has 1 aliphatic heterocycles. The highest BCUT2D eigenvalue weighted by Crippen LogP contribution is 2.34. The molecule has 0 saturated heterocycles. The van der Waals surface area contributed by atoms with Crippen LogP contribution in [0.15, 0.2) is 12.3 Å². The van der Waals surface area contributed by atoms with E-state index < -0.39 is 0 Å². The predicted octanol–water partition coefficient (Wildman–Crippen LogP) is 1.41. The Morgan fingerprint density at radius 3 is 3.05 bits per heavy atom. The molecule has 0 bridgehead atoms. The van der Waals surface area contributed by atoms with Crippen LogP contribution in [-0.4, -0.2) is 40.2 Å². The zero-order valence-electron chi connectivity index (χ0n) is 10.9. The Hall–Kier alpha value is -1.34. The maximum atomic E-state index is 12.0. The van der Waals surface area contributed by atoms with Crippen LogP contribution in [0.3, 0.4) is 0 Å². The lowest BCUT2D eigenvalue weighted by atomic mass is 9.87. The van der Waals surface area contributed by atoms with Crippen LogP contribution in [0.1, 0.15) is 18.4 Å². The number of alkyl halides is 1. The van der Waals surface area contributed by atoms with E-state index in [1.165, 1.54) is 0 Å². The van der Waals surface area contributed by atoms with Gasteiger partial charge in [-0.1, -0.05) is 15.9 Å². The van der Waals surface area contributed by atoms with Gasteiger partial charge in [0.25, 0.3) is 0 Å². The second-order valence-electron chi connectivity index (χ2n) is 5.00. The van der Waals surface area contributed by atoms with E-state index in [0.717, 1.165) is 10.9 Å². The van der Waals surface area contributed by atoms with Gasteiger partial charge >= 0.3 is 6.03 Å². The maximum absolute atomic E-state index is 12.0. The Bertz CT molecular complexity index is 520. The number of carbonyl (C=O) groups is 1. The molecule has 1 aromatic heterocycles. The fraction of sp³-hybridized carbons (Fsp3) is 0.538. The number of urea groups is 1. The van der Waals surface area contributed by atoms with Crippen LogP contribution in [-0.2, 0) is 6.54 Å². The van der Waals surface area contributed by atoms with Gasteiger partial charge in [0.05, 0.1) is 18.9 Å². The second-order valence-corrected chi connectivity index (χ2v) is 5.79. The van der Waals surface area contributed by atoms with Crippen LogP contribution in [0.5, 0.6) is 5.75 Å². The van der Waals surface area contributed by atoms with Gasteiger partial charge in [-0.3, -0.25) is 4.90 Å². The number of carbonyl (C=O) groups excluding carboxylic acids is 1. The summed E-state index contributed by atoms with van der Waals surface area (Å²) < 4.78 is 5.52. The SMILES string of the molecule is O=C1NCc2cc(OCCBr)cnc2N1[C@H]1C[C@@H](O)C1. The molecule has 1 saturated carbocycles. The van der Waals surface area contributed by atoms with Gasteiger partial charge in [-0.05, 0) is 18.9 Å². The first-order chi connectivity index (χ1) is 9.69. The van der Waals surface area contributed by atoms with Gasteiger partial charge in [-0.25, -0.2) is 9.78 Å². The van der Waals surface area contributed by atoms with Crippen LogP contribution in [0.4, 0.5) is 10.6 Å². The molecule has 3 rings (SSSR count). The molecule has 1 aliphatic carbocycles. The molecule has 2 amide bonds. The standard InChI is InChI=1S/C13H16BrN3O3/c14-1-2-20-11-3-8-6-16-13(19)17(12(8)15-7-11)9-4-10(18)5-9/h3,7,9-10,18H,1-2,4-6H2,(H,16,19)/t9-,10+. The van der Waals surface area contributed by atoms with Gasteiger partial charge in [0.15, 0.2) is 0 Å². The first-order valence-corrected chi connectivity index (χ1v) is 7.74. The molecule has 0 atom stereocenters. The molecule has 108 valence electrons. The van der Waals surface area contributed by atoms with Gasteiger partial charge in [-0.2, -0.15) is 0 Å².